The fourth-order valence-electron chi connectivity index (χ4n) is 1.98. The van der Waals surface area contributed by atoms with Crippen molar-refractivity contribution >= 4 is 27.5 Å². The van der Waals surface area contributed by atoms with Crippen LogP contribution < -0.4 is 10.6 Å². The molecule has 1 aromatic carbocycles. The summed E-state index contributed by atoms with van der Waals surface area (Å²) in [6.45, 7) is 5.15. The van der Waals surface area contributed by atoms with Crippen LogP contribution in [0.1, 0.15) is 32.3 Å². The van der Waals surface area contributed by atoms with Crippen molar-refractivity contribution < 1.29 is 23.1 Å². The van der Waals surface area contributed by atoms with Gasteiger partial charge < -0.3 is 15.7 Å². The van der Waals surface area contributed by atoms with E-state index in [-0.39, 0.29) is 23.4 Å². The van der Waals surface area contributed by atoms with E-state index in [0.717, 1.165) is 11.8 Å². The maximum absolute atomic E-state index is 12.1. The molecule has 0 radical (unpaired) electrons. The molecule has 8 heteroatoms. The highest BCUT2D eigenvalue weighted by Gasteiger charge is 2.23. The van der Waals surface area contributed by atoms with Crippen molar-refractivity contribution in [2.45, 2.75) is 44.0 Å². The lowest BCUT2D eigenvalue weighted by Gasteiger charge is -2.26. The number of sulfone groups is 1. The van der Waals surface area contributed by atoms with E-state index < -0.39 is 27.4 Å². The third-order valence-electron chi connectivity index (χ3n) is 3.20. The molecule has 23 heavy (non-hydrogen) atoms. The van der Waals surface area contributed by atoms with Crippen molar-refractivity contribution in [1.29, 1.82) is 0 Å². The van der Waals surface area contributed by atoms with Gasteiger partial charge >= 0.3 is 12.0 Å². The second kappa shape index (κ2) is 6.99. The van der Waals surface area contributed by atoms with Gasteiger partial charge in [0.25, 0.3) is 0 Å². The van der Waals surface area contributed by atoms with Crippen LogP contribution in [0.3, 0.4) is 0 Å². The molecule has 1 aromatic rings. The summed E-state index contributed by atoms with van der Waals surface area (Å²) >= 11 is 0. The minimum Gasteiger partial charge on any atom is -0.481 e. The summed E-state index contributed by atoms with van der Waals surface area (Å²) < 4.78 is 23.6. The van der Waals surface area contributed by atoms with Gasteiger partial charge in [0.1, 0.15) is 0 Å². The second-order valence-electron chi connectivity index (χ2n) is 6.13. The van der Waals surface area contributed by atoms with Gasteiger partial charge in [-0.2, -0.15) is 0 Å². The van der Waals surface area contributed by atoms with E-state index in [1.54, 1.807) is 26.8 Å². The highest BCUT2D eigenvalue weighted by Crippen LogP contribution is 2.23. The highest BCUT2D eigenvalue weighted by molar-refractivity contribution is 7.90. The molecule has 7 nitrogen and oxygen atoms in total. The lowest BCUT2D eigenvalue weighted by Crippen LogP contribution is -2.45. The van der Waals surface area contributed by atoms with Crippen LogP contribution >= 0.6 is 0 Å². The topological polar surface area (TPSA) is 113 Å². The number of hydrogen-bond donors (Lipinski definition) is 3. The zero-order valence-electron chi connectivity index (χ0n) is 13.6. The zero-order chi connectivity index (χ0) is 17.8. The number of amides is 2. The van der Waals surface area contributed by atoms with Crippen molar-refractivity contribution in [3.05, 3.63) is 23.8 Å². The van der Waals surface area contributed by atoms with E-state index in [4.69, 9.17) is 5.11 Å². The van der Waals surface area contributed by atoms with Gasteiger partial charge in [0.15, 0.2) is 9.84 Å². The number of hydrogen-bond acceptors (Lipinski definition) is 4. The lowest BCUT2D eigenvalue weighted by atomic mass is 9.99. The van der Waals surface area contributed by atoms with E-state index in [1.807, 2.05) is 0 Å². The smallest absolute Gasteiger partial charge is 0.319 e. The van der Waals surface area contributed by atoms with Crippen LogP contribution in [0.4, 0.5) is 10.5 Å². The number of aryl methyl sites for hydroxylation is 1. The molecular weight excluding hydrogens is 320 g/mol. The molecule has 0 aromatic heterocycles. The second-order valence-corrected chi connectivity index (χ2v) is 8.11. The summed E-state index contributed by atoms with van der Waals surface area (Å²) in [6.07, 6.45) is 1.25. The molecule has 128 valence electrons. The molecule has 0 atom stereocenters. The summed E-state index contributed by atoms with van der Waals surface area (Å²) in [7, 11) is -3.49. The summed E-state index contributed by atoms with van der Waals surface area (Å²) in [5.74, 6) is -0.946. The van der Waals surface area contributed by atoms with Crippen LogP contribution in [0.2, 0.25) is 0 Å². The van der Waals surface area contributed by atoms with Crippen LogP contribution in [0.25, 0.3) is 0 Å². The number of nitrogens with one attached hydrogen (secondary N) is 2. The highest BCUT2D eigenvalue weighted by atomic mass is 32.2. The van der Waals surface area contributed by atoms with Crippen molar-refractivity contribution in [2.24, 2.45) is 0 Å². The van der Waals surface area contributed by atoms with E-state index in [1.165, 1.54) is 12.1 Å². The number of carbonyl (C=O) groups is 2. The van der Waals surface area contributed by atoms with Gasteiger partial charge in [-0.05, 0) is 44.9 Å². The molecular formula is C15H22N2O5S. The first-order valence-corrected chi connectivity index (χ1v) is 8.91. The molecule has 2 amide bonds. The molecule has 0 spiro atoms. The van der Waals surface area contributed by atoms with Crippen LogP contribution in [0, 0.1) is 6.92 Å². The molecule has 0 saturated carbocycles. The number of urea groups is 1. The predicted octanol–water partition coefficient (Wildman–Crippen LogP) is 2.16. The van der Waals surface area contributed by atoms with E-state index in [0.29, 0.717) is 0 Å². The predicted molar refractivity (Wildman–Crippen MR) is 87.4 cm³/mol. The summed E-state index contributed by atoms with van der Waals surface area (Å²) in [5, 5.41) is 13.9. The number of rotatable bonds is 6. The maximum Gasteiger partial charge on any atom is 0.319 e. The quantitative estimate of drug-likeness (QED) is 0.733. The van der Waals surface area contributed by atoms with Crippen LogP contribution in [-0.2, 0) is 14.6 Å². The Morgan fingerprint density at radius 2 is 1.87 bits per heavy atom. The Labute approximate surface area is 136 Å². The Bertz CT molecular complexity index is 711. The molecule has 0 bridgehead atoms. The van der Waals surface area contributed by atoms with Gasteiger partial charge in [0, 0.05) is 18.2 Å². The fourth-order valence-corrected chi connectivity index (χ4v) is 2.90. The number of carbonyl (C=O) groups excluding carboxylic acids is 1. The Balaban J connectivity index is 2.88. The molecule has 0 heterocycles. The van der Waals surface area contributed by atoms with Crippen LogP contribution in [0.5, 0.6) is 0 Å². The van der Waals surface area contributed by atoms with E-state index >= 15 is 0 Å². The average molecular weight is 342 g/mol. The fraction of sp³-hybridized carbons (Fsp3) is 0.467. The number of aliphatic carboxylic acids is 1. The third-order valence-corrected chi connectivity index (χ3v) is 4.34. The van der Waals surface area contributed by atoms with Gasteiger partial charge in [0.05, 0.1) is 10.6 Å². The van der Waals surface area contributed by atoms with Crippen molar-refractivity contribution in [1.82, 2.24) is 5.32 Å². The molecule has 0 fully saturated rings. The van der Waals surface area contributed by atoms with Gasteiger partial charge in [-0.1, -0.05) is 6.07 Å². The minimum absolute atomic E-state index is 0.0380. The summed E-state index contributed by atoms with van der Waals surface area (Å²) in [6, 6.07) is 4.12. The van der Waals surface area contributed by atoms with Crippen molar-refractivity contribution in [2.75, 3.05) is 11.6 Å². The molecule has 0 aliphatic rings. The Morgan fingerprint density at radius 3 is 2.39 bits per heavy atom. The first-order valence-electron chi connectivity index (χ1n) is 7.02. The monoisotopic (exact) mass is 342 g/mol. The van der Waals surface area contributed by atoms with Gasteiger partial charge in [0.2, 0.25) is 0 Å². The molecule has 1 rings (SSSR count). The number of anilines is 1. The maximum atomic E-state index is 12.1. The van der Waals surface area contributed by atoms with Gasteiger partial charge in [-0.3, -0.25) is 4.79 Å². The number of benzene rings is 1. The molecule has 0 saturated heterocycles. The van der Waals surface area contributed by atoms with Gasteiger partial charge in [-0.15, -0.1) is 0 Å². The molecule has 0 aliphatic heterocycles. The van der Waals surface area contributed by atoms with Crippen molar-refractivity contribution in [3.63, 3.8) is 0 Å². The normalized spacial score (nSPS) is 11.8. The largest absolute Gasteiger partial charge is 0.481 e. The zero-order valence-corrected chi connectivity index (χ0v) is 14.5. The Morgan fingerprint density at radius 1 is 1.26 bits per heavy atom. The first-order chi connectivity index (χ1) is 10.4. The molecule has 0 unspecified atom stereocenters. The third kappa shape index (κ3) is 6.27. The SMILES string of the molecule is Cc1ccc(NC(=O)NC(C)(C)CCC(=O)O)c(S(C)(=O)=O)c1. The van der Waals surface area contributed by atoms with Gasteiger partial charge in [-0.25, -0.2) is 13.2 Å². The van der Waals surface area contributed by atoms with Crippen LogP contribution in [-0.4, -0.2) is 37.3 Å². The minimum atomic E-state index is -3.49. The van der Waals surface area contributed by atoms with E-state index in [2.05, 4.69) is 10.6 Å². The van der Waals surface area contributed by atoms with Crippen LogP contribution in [0.15, 0.2) is 23.1 Å². The first kappa shape index (κ1) is 19.0. The Kier molecular flexibility index (Phi) is 5.76. The Hall–Kier alpha value is -2.09. The number of carboxylic acids is 1. The lowest BCUT2D eigenvalue weighted by molar-refractivity contribution is -0.137. The molecule has 3 N–H and O–H groups in total. The standard InChI is InChI=1S/C15H22N2O5S/c1-10-5-6-11(12(9-10)23(4,21)22)16-14(20)17-15(2,3)8-7-13(18)19/h5-6,9H,7-8H2,1-4H3,(H,18,19)(H2,16,17,20). The number of carboxylic acid groups (broad SMARTS) is 1. The van der Waals surface area contributed by atoms with Crippen molar-refractivity contribution in [3.8, 4) is 0 Å². The van der Waals surface area contributed by atoms with E-state index in [9.17, 15) is 18.0 Å². The summed E-state index contributed by atoms with van der Waals surface area (Å²) in [5.41, 5.74) is 0.209. The average Bonchev–Trinajstić information content (AvgIpc) is 2.37. The summed E-state index contributed by atoms with van der Waals surface area (Å²) in [4.78, 5) is 22.7. The molecule has 0 aliphatic carbocycles.